The van der Waals surface area contributed by atoms with Crippen LogP contribution in [0.2, 0.25) is 0 Å². The Hall–Kier alpha value is -1.28. The molecule has 0 fully saturated rings. The first-order valence-corrected chi connectivity index (χ1v) is 6.14. The highest BCUT2D eigenvalue weighted by molar-refractivity contribution is 9.10. The monoisotopic (exact) mass is 380 g/mol. The molecule has 2 rings (SSSR count). The average molecular weight is 382 g/mol. The molecule has 0 aromatic carbocycles. The van der Waals surface area contributed by atoms with E-state index >= 15 is 0 Å². The van der Waals surface area contributed by atoms with Crippen LogP contribution in [0.1, 0.15) is 0 Å². The van der Waals surface area contributed by atoms with Gasteiger partial charge >= 0.3 is 0 Å². The minimum Gasteiger partial charge on any atom is -0.384 e. The molecule has 96 valence electrons. The van der Waals surface area contributed by atoms with E-state index in [-0.39, 0.29) is 11.6 Å². The van der Waals surface area contributed by atoms with Crippen LogP contribution in [0.15, 0.2) is 33.2 Å². The zero-order valence-electron chi connectivity index (χ0n) is 8.87. The van der Waals surface area contributed by atoms with E-state index in [0.717, 1.165) is 0 Å². The van der Waals surface area contributed by atoms with Crippen molar-refractivity contribution in [1.29, 1.82) is 0 Å². The van der Waals surface area contributed by atoms with Crippen LogP contribution in [-0.4, -0.2) is 9.97 Å². The Kier molecular flexibility index (Phi) is 5.42. The van der Waals surface area contributed by atoms with Gasteiger partial charge in [-0.1, -0.05) is 0 Å². The Bertz CT molecular complexity index is 502. The third kappa shape index (κ3) is 4.53. The number of nitrogens with two attached hydrogens (primary N) is 2. The van der Waals surface area contributed by atoms with Crippen LogP contribution in [0.4, 0.5) is 20.4 Å². The molecule has 0 aliphatic carbocycles. The zero-order valence-corrected chi connectivity index (χ0v) is 12.0. The first-order chi connectivity index (χ1) is 8.40. The lowest BCUT2D eigenvalue weighted by Gasteiger charge is -1.92. The molecule has 0 bridgehead atoms. The van der Waals surface area contributed by atoms with Crippen molar-refractivity contribution in [3.63, 3.8) is 0 Å². The SMILES string of the molecule is Nc1ccc(Br)c(F)n1.Nc1ccc(Br)c(F)n1. The summed E-state index contributed by atoms with van der Waals surface area (Å²) in [6, 6.07) is 6.07. The molecule has 0 unspecified atom stereocenters. The van der Waals surface area contributed by atoms with Gasteiger partial charge in [0.05, 0.1) is 8.95 Å². The van der Waals surface area contributed by atoms with Crippen LogP contribution >= 0.6 is 31.9 Å². The molecule has 0 atom stereocenters. The van der Waals surface area contributed by atoms with Gasteiger partial charge in [0.25, 0.3) is 0 Å². The van der Waals surface area contributed by atoms with Gasteiger partial charge in [0.15, 0.2) is 0 Å². The molecule has 18 heavy (non-hydrogen) atoms. The van der Waals surface area contributed by atoms with E-state index in [0.29, 0.717) is 8.95 Å². The summed E-state index contributed by atoms with van der Waals surface area (Å²) in [5.41, 5.74) is 10.3. The molecule has 8 heteroatoms. The smallest absolute Gasteiger partial charge is 0.229 e. The molecule has 0 amide bonds. The lowest BCUT2D eigenvalue weighted by atomic mass is 10.5. The van der Waals surface area contributed by atoms with Crippen molar-refractivity contribution < 1.29 is 8.78 Å². The van der Waals surface area contributed by atoms with Crippen molar-refractivity contribution in [1.82, 2.24) is 9.97 Å². The van der Waals surface area contributed by atoms with E-state index in [4.69, 9.17) is 11.5 Å². The minimum atomic E-state index is -0.574. The summed E-state index contributed by atoms with van der Waals surface area (Å²) in [7, 11) is 0. The van der Waals surface area contributed by atoms with Gasteiger partial charge in [0.2, 0.25) is 11.9 Å². The van der Waals surface area contributed by atoms with Crippen molar-refractivity contribution in [2.24, 2.45) is 0 Å². The molecule has 0 spiro atoms. The van der Waals surface area contributed by atoms with E-state index in [1.807, 2.05) is 0 Å². The summed E-state index contributed by atoms with van der Waals surface area (Å²) < 4.78 is 25.3. The Labute approximate surface area is 119 Å². The van der Waals surface area contributed by atoms with Crippen molar-refractivity contribution in [3.8, 4) is 0 Å². The lowest BCUT2D eigenvalue weighted by molar-refractivity contribution is 0.578. The van der Waals surface area contributed by atoms with Crippen LogP contribution in [-0.2, 0) is 0 Å². The summed E-state index contributed by atoms with van der Waals surface area (Å²) in [4.78, 5) is 6.67. The normalized spacial score (nSPS) is 9.56. The number of pyridine rings is 2. The minimum absolute atomic E-state index is 0.190. The predicted octanol–water partition coefficient (Wildman–Crippen LogP) is 3.13. The third-order valence-electron chi connectivity index (χ3n) is 1.65. The van der Waals surface area contributed by atoms with Gasteiger partial charge < -0.3 is 11.5 Å². The first-order valence-electron chi connectivity index (χ1n) is 4.55. The van der Waals surface area contributed by atoms with Gasteiger partial charge in [-0.2, -0.15) is 8.78 Å². The quantitative estimate of drug-likeness (QED) is 0.687. The van der Waals surface area contributed by atoms with Crippen LogP contribution in [0, 0.1) is 11.9 Å². The molecule has 0 saturated heterocycles. The number of hydrogen-bond acceptors (Lipinski definition) is 4. The topological polar surface area (TPSA) is 77.8 Å². The number of aromatic nitrogens is 2. The standard InChI is InChI=1S/2C5H4BrFN2/c2*6-3-1-2-4(8)9-5(3)7/h2*1-2H,(H2,8,9). The predicted molar refractivity (Wildman–Crippen MR) is 72.6 cm³/mol. The molecule has 0 radical (unpaired) electrons. The Morgan fingerprint density at radius 3 is 1.33 bits per heavy atom. The Morgan fingerprint density at radius 2 is 1.11 bits per heavy atom. The van der Waals surface area contributed by atoms with E-state index in [1.54, 1.807) is 0 Å². The van der Waals surface area contributed by atoms with Gasteiger partial charge in [-0.25, -0.2) is 9.97 Å². The van der Waals surface area contributed by atoms with Crippen molar-refractivity contribution in [2.75, 3.05) is 11.5 Å². The van der Waals surface area contributed by atoms with E-state index in [2.05, 4.69) is 41.8 Å². The van der Waals surface area contributed by atoms with Gasteiger partial charge in [-0.05, 0) is 56.1 Å². The second-order valence-corrected chi connectivity index (χ2v) is 4.73. The van der Waals surface area contributed by atoms with Crippen LogP contribution in [0.25, 0.3) is 0 Å². The molecule has 2 aromatic heterocycles. The molecular weight excluding hydrogens is 374 g/mol. The van der Waals surface area contributed by atoms with Crippen molar-refractivity contribution in [2.45, 2.75) is 0 Å². The number of anilines is 2. The maximum absolute atomic E-state index is 12.3. The largest absolute Gasteiger partial charge is 0.384 e. The summed E-state index contributed by atoms with van der Waals surface area (Å²) in [6.07, 6.45) is 0. The average Bonchev–Trinajstić information content (AvgIpc) is 2.30. The Balaban J connectivity index is 0.000000180. The van der Waals surface area contributed by atoms with Gasteiger partial charge in [-0.3, -0.25) is 0 Å². The fraction of sp³-hybridized carbons (Fsp3) is 0. The Morgan fingerprint density at radius 1 is 0.778 bits per heavy atom. The fourth-order valence-corrected chi connectivity index (χ4v) is 1.30. The second kappa shape index (κ2) is 6.60. The highest BCUT2D eigenvalue weighted by atomic mass is 79.9. The molecule has 4 N–H and O–H groups in total. The molecule has 0 aliphatic rings. The summed E-state index contributed by atoms with van der Waals surface area (Å²) in [5, 5.41) is 0. The first kappa shape index (κ1) is 14.8. The number of halogens is 4. The van der Waals surface area contributed by atoms with Crippen molar-refractivity contribution in [3.05, 3.63) is 45.1 Å². The highest BCUT2D eigenvalue weighted by Gasteiger charge is 1.98. The number of nitrogens with zero attached hydrogens (tertiary/aromatic N) is 2. The number of hydrogen-bond donors (Lipinski definition) is 2. The van der Waals surface area contributed by atoms with Crippen molar-refractivity contribution >= 4 is 43.5 Å². The second-order valence-electron chi connectivity index (χ2n) is 3.02. The fourth-order valence-electron chi connectivity index (χ4n) is 0.863. The van der Waals surface area contributed by atoms with Gasteiger partial charge in [0, 0.05) is 0 Å². The van der Waals surface area contributed by atoms with Crippen LogP contribution in [0.3, 0.4) is 0 Å². The molecule has 2 aromatic rings. The molecule has 0 aliphatic heterocycles. The van der Waals surface area contributed by atoms with Crippen LogP contribution < -0.4 is 11.5 Å². The zero-order chi connectivity index (χ0) is 13.7. The maximum atomic E-state index is 12.3. The van der Waals surface area contributed by atoms with E-state index < -0.39 is 11.9 Å². The highest BCUT2D eigenvalue weighted by Crippen LogP contribution is 2.13. The number of rotatable bonds is 0. The lowest BCUT2D eigenvalue weighted by Crippen LogP contribution is -1.92. The molecule has 4 nitrogen and oxygen atoms in total. The maximum Gasteiger partial charge on any atom is 0.229 e. The molecule has 2 heterocycles. The van der Waals surface area contributed by atoms with E-state index in [1.165, 1.54) is 24.3 Å². The van der Waals surface area contributed by atoms with E-state index in [9.17, 15) is 8.78 Å². The summed E-state index contributed by atoms with van der Waals surface area (Å²) in [6.45, 7) is 0. The number of nitrogen functional groups attached to an aromatic ring is 2. The molecule has 0 saturated carbocycles. The summed E-state index contributed by atoms with van der Waals surface area (Å²) in [5.74, 6) is -0.767. The van der Waals surface area contributed by atoms with Crippen LogP contribution in [0.5, 0.6) is 0 Å². The van der Waals surface area contributed by atoms with Gasteiger partial charge in [-0.15, -0.1) is 0 Å². The third-order valence-corrected chi connectivity index (χ3v) is 2.83. The van der Waals surface area contributed by atoms with Gasteiger partial charge in [0.1, 0.15) is 11.6 Å². The molecular formula is C10H8Br2F2N4. The summed E-state index contributed by atoms with van der Waals surface area (Å²) >= 11 is 5.87.